The Morgan fingerprint density at radius 1 is 0.885 bits per heavy atom. The summed E-state index contributed by atoms with van der Waals surface area (Å²) >= 11 is 0. The van der Waals surface area contributed by atoms with Crippen LogP contribution in [-0.2, 0) is 13.0 Å². The summed E-state index contributed by atoms with van der Waals surface area (Å²) in [5, 5.41) is 0. The molecule has 2 heterocycles. The average Bonchev–Trinajstić information content (AvgIpc) is 2.90. The van der Waals surface area contributed by atoms with Crippen LogP contribution in [0.1, 0.15) is 44.7 Å². The molecule has 0 fully saturated rings. The zero-order chi connectivity index (χ0) is 18.1. The van der Waals surface area contributed by atoms with Gasteiger partial charge in [-0.1, -0.05) is 18.2 Å². The molecule has 4 rings (SSSR count). The second kappa shape index (κ2) is 6.92. The molecule has 0 unspecified atom stereocenters. The summed E-state index contributed by atoms with van der Waals surface area (Å²) in [6.45, 7) is 3.43. The molecule has 134 valence electrons. The molecule has 0 atom stereocenters. The first kappa shape index (κ1) is 16.8. The quantitative estimate of drug-likeness (QED) is 0.512. The number of nitrogens with two attached hydrogens (primary N) is 1. The maximum absolute atomic E-state index is 12.4. The number of unbranched alkanes of at least 4 members (excludes halogenated alkanes) is 1. The molecule has 0 aromatic heterocycles. The van der Waals surface area contributed by atoms with E-state index in [4.69, 9.17) is 5.73 Å². The van der Waals surface area contributed by atoms with Crippen molar-refractivity contribution in [2.75, 3.05) is 25.4 Å². The zero-order valence-corrected chi connectivity index (χ0v) is 14.8. The summed E-state index contributed by atoms with van der Waals surface area (Å²) in [5.41, 5.74) is 10.5. The van der Waals surface area contributed by atoms with Crippen molar-refractivity contribution in [2.45, 2.75) is 25.8 Å². The number of benzene rings is 2. The van der Waals surface area contributed by atoms with Gasteiger partial charge >= 0.3 is 0 Å². The number of rotatable bonds is 5. The third kappa shape index (κ3) is 3.10. The maximum Gasteiger partial charge on any atom is 0.261 e. The summed E-state index contributed by atoms with van der Waals surface area (Å²) in [6, 6.07) is 13.2. The number of nitrogens with zero attached hydrogens (tertiary/aromatic N) is 2. The van der Waals surface area contributed by atoms with E-state index in [9.17, 15) is 9.59 Å². The molecule has 0 saturated carbocycles. The molecule has 0 spiro atoms. The van der Waals surface area contributed by atoms with Gasteiger partial charge < -0.3 is 5.73 Å². The standard InChI is InChI=1S/C21H23N3O2/c22-17-8-7-15-9-12-23(14-16(15)13-17)10-3-4-11-24-20(25)18-5-1-2-6-19(18)21(24)26/h1-2,5-8,13H,3-4,9-12,14,22H2. The number of carbonyl (C=O) groups is 2. The van der Waals surface area contributed by atoms with Crippen LogP contribution in [-0.4, -0.2) is 41.2 Å². The van der Waals surface area contributed by atoms with Crippen molar-refractivity contribution in [1.82, 2.24) is 9.80 Å². The van der Waals surface area contributed by atoms with E-state index >= 15 is 0 Å². The molecule has 2 aromatic carbocycles. The Morgan fingerprint density at radius 2 is 1.58 bits per heavy atom. The smallest absolute Gasteiger partial charge is 0.261 e. The van der Waals surface area contributed by atoms with E-state index in [-0.39, 0.29) is 11.8 Å². The van der Waals surface area contributed by atoms with E-state index in [1.54, 1.807) is 24.3 Å². The fraction of sp³-hybridized carbons (Fsp3) is 0.333. The molecule has 5 nitrogen and oxygen atoms in total. The molecule has 2 aromatic rings. The lowest BCUT2D eigenvalue weighted by molar-refractivity contribution is 0.0650. The predicted molar refractivity (Wildman–Crippen MR) is 101 cm³/mol. The highest BCUT2D eigenvalue weighted by Gasteiger charge is 2.34. The lowest BCUT2D eigenvalue weighted by Crippen LogP contribution is -2.33. The van der Waals surface area contributed by atoms with Crippen molar-refractivity contribution < 1.29 is 9.59 Å². The second-order valence-electron chi connectivity index (χ2n) is 7.07. The first-order valence-electron chi connectivity index (χ1n) is 9.18. The van der Waals surface area contributed by atoms with Crippen LogP contribution in [0.3, 0.4) is 0 Å². The molecule has 0 saturated heterocycles. The van der Waals surface area contributed by atoms with E-state index in [2.05, 4.69) is 17.0 Å². The van der Waals surface area contributed by atoms with Crippen molar-refractivity contribution in [3.05, 3.63) is 64.7 Å². The van der Waals surface area contributed by atoms with E-state index in [1.807, 2.05) is 6.07 Å². The number of nitrogen functional groups attached to an aromatic ring is 1. The normalized spacial score (nSPS) is 16.7. The summed E-state index contributed by atoms with van der Waals surface area (Å²) in [4.78, 5) is 28.5. The van der Waals surface area contributed by atoms with Gasteiger partial charge in [0.1, 0.15) is 0 Å². The first-order valence-corrected chi connectivity index (χ1v) is 9.18. The van der Waals surface area contributed by atoms with Crippen LogP contribution in [0, 0.1) is 0 Å². The lowest BCUT2D eigenvalue weighted by Gasteiger charge is -2.29. The van der Waals surface area contributed by atoms with Gasteiger partial charge in [0.15, 0.2) is 0 Å². The van der Waals surface area contributed by atoms with Crippen molar-refractivity contribution in [3.8, 4) is 0 Å². The van der Waals surface area contributed by atoms with E-state index in [0.717, 1.165) is 44.6 Å². The van der Waals surface area contributed by atoms with E-state index in [1.165, 1.54) is 16.0 Å². The Morgan fingerprint density at radius 3 is 2.31 bits per heavy atom. The molecular formula is C21H23N3O2. The Hall–Kier alpha value is -2.66. The summed E-state index contributed by atoms with van der Waals surface area (Å²) in [5.74, 6) is -0.319. The minimum Gasteiger partial charge on any atom is -0.399 e. The zero-order valence-electron chi connectivity index (χ0n) is 14.8. The van der Waals surface area contributed by atoms with Gasteiger partial charge in [-0.15, -0.1) is 0 Å². The van der Waals surface area contributed by atoms with Gasteiger partial charge in [0.25, 0.3) is 11.8 Å². The average molecular weight is 349 g/mol. The van der Waals surface area contributed by atoms with E-state index in [0.29, 0.717) is 17.7 Å². The van der Waals surface area contributed by atoms with Gasteiger partial charge in [-0.2, -0.15) is 0 Å². The molecule has 26 heavy (non-hydrogen) atoms. The number of hydrogen-bond donors (Lipinski definition) is 1. The van der Waals surface area contributed by atoms with Crippen LogP contribution in [0.2, 0.25) is 0 Å². The number of anilines is 1. The minimum absolute atomic E-state index is 0.159. The second-order valence-corrected chi connectivity index (χ2v) is 7.07. The van der Waals surface area contributed by atoms with Crippen LogP contribution in [0.4, 0.5) is 5.69 Å². The molecule has 0 bridgehead atoms. The summed E-state index contributed by atoms with van der Waals surface area (Å²) in [6.07, 6.45) is 2.84. The number of hydrogen-bond acceptors (Lipinski definition) is 4. The Labute approximate surface area is 153 Å². The highest BCUT2D eigenvalue weighted by molar-refractivity contribution is 6.21. The molecule has 5 heteroatoms. The highest BCUT2D eigenvalue weighted by atomic mass is 16.2. The molecule has 2 aliphatic heterocycles. The summed E-state index contributed by atoms with van der Waals surface area (Å²) < 4.78 is 0. The summed E-state index contributed by atoms with van der Waals surface area (Å²) in [7, 11) is 0. The largest absolute Gasteiger partial charge is 0.399 e. The number of fused-ring (bicyclic) bond motifs is 2. The van der Waals surface area contributed by atoms with Crippen LogP contribution < -0.4 is 5.73 Å². The first-order chi connectivity index (χ1) is 12.6. The minimum atomic E-state index is -0.159. The van der Waals surface area contributed by atoms with Crippen molar-refractivity contribution in [3.63, 3.8) is 0 Å². The highest BCUT2D eigenvalue weighted by Crippen LogP contribution is 2.24. The van der Waals surface area contributed by atoms with Crippen LogP contribution >= 0.6 is 0 Å². The van der Waals surface area contributed by atoms with Gasteiger partial charge in [-0.25, -0.2) is 0 Å². The lowest BCUT2D eigenvalue weighted by atomic mass is 9.99. The molecule has 2 amide bonds. The Kier molecular flexibility index (Phi) is 4.47. The van der Waals surface area contributed by atoms with Crippen molar-refractivity contribution >= 4 is 17.5 Å². The fourth-order valence-corrected chi connectivity index (χ4v) is 3.87. The Balaban J connectivity index is 1.28. The molecular weight excluding hydrogens is 326 g/mol. The Bertz CT molecular complexity index is 827. The molecule has 2 N–H and O–H groups in total. The SMILES string of the molecule is Nc1ccc2c(c1)CN(CCCCN1C(=O)c3ccccc3C1=O)CC2. The predicted octanol–water partition coefficient (Wildman–Crippen LogP) is 2.70. The fourth-order valence-electron chi connectivity index (χ4n) is 3.87. The third-order valence-electron chi connectivity index (χ3n) is 5.31. The van der Waals surface area contributed by atoms with Crippen LogP contribution in [0.15, 0.2) is 42.5 Å². The van der Waals surface area contributed by atoms with Gasteiger partial charge in [-0.3, -0.25) is 19.4 Å². The van der Waals surface area contributed by atoms with Gasteiger partial charge in [0.05, 0.1) is 11.1 Å². The van der Waals surface area contributed by atoms with Crippen molar-refractivity contribution in [1.29, 1.82) is 0 Å². The molecule has 2 aliphatic rings. The number of amides is 2. The van der Waals surface area contributed by atoms with Gasteiger partial charge in [0, 0.05) is 25.3 Å². The molecule has 0 aliphatic carbocycles. The van der Waals surface area contributed by atoms with Crippen LogP contribution in [0.25, 0.3) is 0 Å². The molecule has 0 radical (unpaired) electrons. The third-order valence-corrected chi connectivity index (χ3v) is 5.31. The van der Waals surface area contributed by atoms with Crippen LogP contribution in [0.5, 0.6) is 0 Å². The van der Waals surface area contributed by atoms with Crippen molar-refractivity contribution in [2.24, 2.45) is 0 Å². The van der Waals surface area contributed by atoms with Gasteiger partial charge in [-0.05, 0) is 61.2 Å². The van der Waals surface area contributed by atoms with Gasteiger partial charge in [0.2, 0.25) is 0 Å². The number of carbonyl (C=O) groups excluding carboxylic acids is 2. The number of imide groups is 1. The monoisotopic (exact) mass is 349 g/mol. The van der Waals surface area contributed by atoms with E-state index < -0.39 is 0 Å². The topological polar surface area (TPSA) is 66.6 Å². The maximum atomic E-state index is 12.4.